The van der Waals surface area contributed by atoms with E-state index in [-0.39, 0.29) is 18.0 Å². The predicted molar refractivity (Wildman–Crippen MR) is 69.3 cm³/mol. The molecule has 0 bridgehead atoms. The van der Waals surface area contributed by atoms with Gasteiger partial charge in [-0.05, 0) is 18.1 Å². The van der Waals surface area contributed by atoms with Crippen LogP contribution in [0.2, 0.25) is 0 Å². The van der Waals surface area contributed by atoms with E-state index in [9.17, 15) is 23.1 Å². The lowest BCUT2D eigenvalue weighted by molar-refractivity contribution is -0.0329. The third-order valence-electron chi connectivity index (χ3n) is 2.47. The van der Waals surface area contributed by atoms with Crippen molar-refractivity contribution in [3.8, 4) is 0 Å². The average Bonchev–Trinajstić information content (AvgIpc) is 2.34. The number of aliphatic hydroxyl groups excluding tert-OH is 1. The molecule has 0 fully saturated rings. The number of hydrogen-bond donors (Lipinski definition) is 2. The first-order chi connectivity index (χ1) is 9.20. The van der Waals surface area contributed by atoms with Gasteiger partial charge in [-0.3, -0.25) is 4.79 Å². The molecule has 1 heterocycles. The molecular weight excluding hydrogens is 293 g/mol. The zero-order valence-electron chi connectivity index (χ0n) is 10.9. The second kappa shape index (κ2) is 6.94. The Balaban J connectivity index is 2.78. The molecule has 4 nitrogen and oxygen atoms in total. The number of amides is 1. The van der Waals surface area contributed by atoms with Crippen LogP contribution in [-0.2, 0) is 0 Å². The summed E-state index contributed by atoms with van der Waals surface area (Å²) in [7, 11) is 0. The van der Waals surface area contributed by atoms with Crippen molar-refractivity contribution in [2.75, 3.05) is 6.54 Å². The molecule has 0 aliphatic heterocycles. The van der Waals surface area contributed by atoms with E-state index in [1.807, 2.05) is 0 Å². The molecule has 0 radical (unpaired) electrons. The van der Waals surface area contributed by atoms with Crippen LogP contribution in [0.4, 0.5) is 13.2 Å². The maximum atomic E-state index is 12.4. The first kappa shape index (κ1) is 16.8. The van der Waals surface area contributed by atoms with Gasteiger partial charge in [0.2, 0.25) is 0 Å². The van der Waals surface area contributed by atoms with E-state index in [0.29, 0.717) is 0 Å². The van der Waals surface area contributed by atoms with E-state index < -0.39 is 34.3 Å². The van der Waals surface area contributed by atoms with Crippen molar-refractivity contribution < 1.29 is 23.1 Å². The Hall–Kier alpha value is -1.28. The number of pyridine rings is 1. The highest BCUT2D eigenvalue weighted by molar-refractivity contribution is 8.00. The molecule has 1 aromatic heterocycles. The molecule has 112 valence electrons. The van der Waals surface area contributed by atoms with Gasteiger partial charge in [0.25, 0.3) is 5.91 Å². The molecule has 0 saturated heterocycles. The summed E-state index contributed by atoms with van der Waals surface area (Å²) in [5, 5.41) is 11.6. The first-order valence-corrected chi connectivity index (χ1v) is 6.69. The largest absolute Gasteiger partial charge is 0.447 e. The number of thioether (sulfide) groups is 1. The first-order valence-electron chi connectivity index (χ1n) is 5.87. The van der Waals surface area contributed by atoms with Gasteiger partial charge >= 0.3 is 5.51 Å². The summed E-state index contributed by atoms with van der Waals surface area (Å²) < 4.78 is 37.1. The van der Waals surface area contributed by atoms with Crippen molar-refractivity contribution >= 4 is 17.7 Å². The maximum absolute atomic E-state index is 12.4. The predicted octanol–water partition coefficient (Wildman–Crippen LogP) is 2.44. The summed E-state index contributed by atoms with van der Waals surface area (Å²) in [5.41, 5.74) is -4.67. The Kier molecular flexibility index (Phi) is 5.82. The van der Waals surface area contributed by atoms with E-state index in [1.54, 1.807) is 13.8 Å². The highest BCUT2D eigenvalue weighted by atomic mass is 32.2. The van der Waals surface area contributed by atoms with Gasteiger partial charge in [0.15, 0.2) is 0 Å². The van der Waals surface area contributed by atoms with Crippen molar-refractivity contribution in [1.82, 2.24) is 10.3 Å². The molecule has 1 aromatic rings. The lowest BCUT2D eigenvalue weighted by Gasteiger charge is -2.16. The minimum absolute atomic E-state index is 0.0263. The van der Waals surface area contributed by atoms with E-state index in [1.165, 1.54) is 18.3 Å². The number of carbonyl (C=O) groups excluding carboxylic acids is 1. The van der Waals surface area contributed by atoms with Crippen LogP contribution in [0.15, 0.2) is 23.4 Å². The van der Waals surface area contributed by atoms with Gasteiger partial charge in [0.05, 0.1) is 11.7 Å². The lowest BCUT2D eigenvalue weighted by Crippen LogP contribution is -2.35. The molecule has 1 unspecified atom stereocenters. The molecule has 2 N–H and O–H groups in total. The summed E-state index contributed by atoms with van der Waals surface area (Å²) in [4.78, 5) is 15.4. The minimum Gasteiger partial charge on any atom is -0.391 e. The van der Waals surface area contributed by atoms with E-state index in [2.05, 4.69) is 10.3 Å². The second-order valence-electron chi connectivity index (χ2n) is 4.43. The van der Waals surface area contributed by atoms with Crippen LogP contribution >= 0.6 is 11.8 Å². The molecular formula is C12H15F3N2O2S. The number of aromatic nitrogens is 1. The Morgan fingerprint density at radius 3 is 2.70 bits per heavy atom. The van der Waals surface area contributed by atoms with Gasteiger partial charge in [-0.15, -0.1) is 0 Å². The molecule has 0 spiro atoms. The average molecular weight is 308 g/mol. The van der Waals surface area contributed by atoms with Crippen molar-refractivity contribution in [1.29, 1.82) is 0 Å². The summed E-state index contributed by atoms with van der Waals surface area (Å²) in [6.45, 7) is 3.51. The second-order valence-corrected chi connectivity index (χ2v) is 5.48. The molecule has 8 heteroatoms. The molecule has 1 amide bonds. The fourth-order valence-corrected chi connectivity index (χ4v) is 1.89. The Labute approximate surface area is 118 Å². The zero-order valence-corrected chi connectivity index (χ0v) is 11.8. The Morgan fingerprint density at radius 1 is 1.50 bits per heavy atom. The monoisotopic (exact) mass is 308 g/mol. The third-order valence-corrected chi connectivity index (χ3v) is 3.22. The highest BCUT2D eigenvalue weighted by Gasteiger charge is 2.32. The van der Waals surface area contributed by atoms with Gasteiger partial charge in [-0.1, -0.05) is 13.8 Å². The summed E-state index contributed by atoms with van der Waals surface area (Å²) in [6.07, 6.45) is 0.433. The summed E-state index contributed by atoms with van der Waals surface area (Å²) >= 11 is -0.438. The molecule has 0 aromatic carbocycles. The number of nitrogens with one attached hydrogen (secondary N) is 1. The number of rotatable bonds is 5. The van der Waals surface area contributed by atoms with Crippen molar-refractivity contribution in [3.63, 3.8) is 0 Å². The number of hydrogen-bond acceptors (Lipinski definition) is 4. The van der Waals surface area contributed by atoms with Crippen molar-refractivity contribution in [2.24, 2.45) is 5.92 Å². The van der Waals surface area contributed by atoms with Gasteiger partial charge < -0.3 is 10.4 Å². The quantitative estimate of drug-likeness (QED) is 0.820. The van der Waals surface area contributed by atoms with E-state index in [4.69, 9.17) is 0 Å². The smallest absolute Gasteiger partial charge is 0.391 e. The van der Waals surface area contributed by atoms with Crippen LogP contribution in [0.3, 0.4) is 0 Å². The van der Waals surface area contributed by atoms with E-state index >= 15 is 0 Å². The fourth-order valence-electron chi connectivity index (χ4n) is 1.28. The normalized spacial score (nSPS) is 13.3. The summed E-state index contributed by atoms with van der Waals surface area (Å²) in [6, 6.07) is 2.65. The number of carbonyl (C=O) groups is 1. The lowest BCUT2D eigenvalue weighted by atomic mass is 10.1. The fraction of sp³-hybridized carbons (Fsp3) is 0.500. The third kappa shape index (κ3) is 5.38. The topological polar surface area (TPSA) is 62.2 Å². The minimum atomic E-state index is -4.51. The molecule has 0 aliphatic carbocycles. The highest BCUT2D eigenvalue weighted by Crippen LogP contribution is 2.37. The van der Waals surface area contributed by atoms with Crippen LogP contribution in [0, 0.1) is 5.92 Å². The van der Waals surface area contributed by atoms with Crippen LogP contribution < -0.4 is 5.32 Å². The molecule has 1 atom stereocenters. The number of alkyl halides is 3. The van der Waals surface area contributed by atoms with Gasteiger partial charge in [0, 0.05) is 24.5 Å². The summed E-state index contributed by atoms with van der Waals surface area (Å²) in [5.74, 6) is -0.752. The van der Waals surface area contributed by atoms with Gasteiger partial charge in [-0.2, -0.15) is 13.2 Å². The number of aliphatic hydroxyl groups is 1. The van der Waals surface area contributed by atoms with Crippen molar-refractivity contribution in [2.45, 2.75) is 30.5 Å². The van der Waals surface area contributed by atoms with Crippen LogP contribution in [0.25, 0.3) is 0 Å². The van der Waals surface area contributed by atoms with Crippen LogP contribution in [-0.4, -0.2) is 34.2 Å². The van der Waals surface area contributed by atoms with Gasteiger partial charge in [0.1, 0.15) is 5.03 Å². The maximum Gasteiger partial charge on any atom is 0.447 e. The SMILES string of the molecule is CC(C)C(O)CNC(=O)c1cccnc1SC(F)(F)F. The molecule has 0 saturated carbocycles. The zero-order chi connectivity index (χ0) is 15.3. The molecule has 0 aliphatic rings. The Bertz CT molecular complexity index is 466. The van der Waals surface area contributed by atoms with Crippen LogP contribution in [0.1, 0.15) is 24.2 Å². The van der Waals surface area contributed by atoms with Gasteiger partial charge in [-0.25, -0.2) is 4.98 Å². The van der Waals surface area contributed by atoms with Crippen LogP contribution in [0.5, 0.6) is 0 Å². The van der Waals surface area contributed by atoms with E-state index in [0.717, 1.165) is 0 Å². The molecule has 20 heavy (non-hydrogen) atoms. The standard InChI is InChI=1S/C12H15F3N2O2S/c1-7(2)9(18)6-17-10(19)8-4-3-5-16-11(8)20-12(13,14)15/h3-5,7,9,18H,6H2,1-2H3,(H,17,19). The number of halogens is 3. The Morgan fingerprint density at radius 2 is 2.15 bits per heavy atom. The number of nitrogens with zero attached hydrogens (tertiary/aromatic N) is 1. The van der Waals surface area contributed by atoms with Crippen molar-refractivity contribution in [3.05, 3.63) is 23.9 Å². The molecule has 1 rings (SSSR count).